The van der Waals surface area contributed by atoms with Crippen molar-refractivity contribution in [3.05, 3.63) is 82.6 Å². The fraction of sp³-hybridized carbons (Fsp3) is 0.250. The molecule has 5 rings (SSSR count). The summed E-state index contributed by atoms with van der Waals surface area (Å²) in [7, 11) is 0. The quantitative estimate of drug-likeness (QED) is 0.604. The summed E-state index contributed by atoms with van der Waals surface area (Å²) < 4.78 is 7.05. The molecule has 1 N–H and O–H groups in total. The van der Waals surface area contributed by atoms with E-state index in [4.69, 9.17) is 4.42 Å². The number of hydrogen-bond acceptors (Lipinski definition) is 5. The second-order valence-corrected chi connectivity index (χ2v) is 6.70. The Kier molecular flexibility index (Phi) is 3.86. The second-order valence-electron chi connectivity index (χ2n) is 6.70. The summed E-state index contributed by atoms with van der Waals surface area (Å²) in [5.41, 5.74) is 4.60. The maximum atomic E-state index is 12.3. The van der Waals surface area contributed by atoms with Crippen LogP contribution < -0.4 is 5.76 Å². The highest BCUT2D eigenvalue weighted by molar-refractivity contribution is 5.72. The number of fused-ring (bicyclic) bond motifs is 2. The van der Waals surface area contributed by atoms with Crippen molar-refractivity contribution in [1.82, 2.24) is 24.4 Å². The van der Waals surface area contributed by atoms with E-state index in [9.17, 15) is 4.79 Å². The van der Waals surface area contributed by atoms with Gasteiger partial charge < -0.3 is 9.40 Å². The van der Waals surface area contributed by atoms with Gasteiger partial charge in [-0.25, -0.2) is 9.78 Å². The molecule has 0 saturated carbocycles. The van der Waals surface area contributed by atoms with E-state index in [2.05, 4.69) is 19.9 Å². The van der Waals surface area contributed by atoms with Crippen LogP contribution in [0.1, 0.15) is 23.1 Å². The van der Waals surface area contributed by atoms with Gasteiger partial charge in [0.15, 0.2) is 5.58 Å². The van der Waals surface area contributed by atoms with Crippen molar-refractivity contribution in [3.8, 4) is 0 Å². The van der Waals surface area contributed by atoms with Crippen molar-refractivity contribution in [3.63, 3.8) is 0 Å². The highest BCUT2D eigenvalue weighted by atomic mass is 16.4. The van der Waals surface area contributed by atoms with E-state index in [1.165, 1.54) is 0 Å². The van der Waals surface area contributed by atoms with Gasteiger partial charge in [0, 0.05) is 37.9 Å². The highest BCUT2D eigenvalue weighted by Crippen LogP contribution is 2.32. The molecule has 7 heteroatoms. The van der Waals surface area contributed by atoms with E-state index < -0.39 is 0 Å². The molecular weight excluding hydrogens is 342 g/mol. The summed E-state index contributed by atoms with van der Waals surface area (Å²) in [6, 6.07) is 13.4. The number of imidazole rings is 1. The second kappa shape index (κ2) is 6.51. The van der Waals surface area contributed by atoms with E-state index in [1.807, 2.05) is 48.7 Å². The molecule has 1 aromatic carbocycles. The molecule has 3 aromatic heterocycles. The van der Waals surface area contributed by atoms with E-state index in [0.29, 0.717) is 18.7 Å². The van der Waals surface area contributed by atoms with E-state index in [1.54, 1.807) is 10.9 Å². The number of nitrogens with one attached hydrogen (secondary N) is 1. The van der Waals surface area contributed by atoms with E-state index in [0.717, 1.165) is 35.6 Å². The summed E-state index contributed by atoms with van der Waals surface area (Å²) in [6.45, 7) is 2.14. The van der Waals surface area contributed by atoms with Crippen LogP contribution in [0.3, 0.4) is 0 Å². The molecule has 0 bridgehead atoms. The van der Waals surface area contributed by atoms with Gasteiger partial charge in [0.05, 0.1) is 29.3 Å². The van der Waals surface area contributed by atoms with E-state index >= 15 is 0 Å². The maximum absolute atomic E-state index is 12.3. The first kappa shape index (κ1) is 16.0. The molecular formula is C20H19N5O2. The smallest absolute Gasteiger partial charge is 0.408 e. The summed E-state index contributed by atoms with van der Waals surface area (Å²) in [4.78, 5) is 27.0. The molecule has 0 unspecified atom stereocenters. The first-order valence-corrected chi connectivity index (χ1v) is 9.07. The van der Waals surface area contributed by atoms with Crippen LogP contribution in [-0.4, -0.2) is 37.5 Å². The zero-order valence-electron chi connectivity index (χ0n) is 14.7. The highest BCUT2D eigenvalue weighted by Gasteiger charge is 2.31. The molecule has 4 heterocycles. The van der Waals surface area contributed by atoms with Gasteiger partial charge in [-0.05, 0) is 24.3 Å². The summed E-state index contributed by atoms with van der Waals surface area (Å²) >= 11 is 0. The molecule has 0 spiro atoms. The Morgan fingerprint density at radius 2 is 2.00 bits per heavy atom. The molecule has 1 aliphatic heterocycles. The van der Waals surface area contributed by atoms with Crippen molar-refractivity contribution >= 4 is 11.1 Å². The summed E-state index contributed by atoms with van der Waals surface area (Å²) in [6.07, 6.45) is 4.46. The number of H-pyrrole nitrogens is 1. The number of aromatic amines is 1. The minimum absolute atomic E-state index is 0.0185. The Labute approximate surface area is 155 Å². The topological polar surface area (TPSA) is 80.0 Å². The van der Waals surface area contributed by atoms with Crippen molar-refractivity contribution in [1.29, 1.82) is 0 Å². The van der Waals surface area contributed by atoms with Crippen molar-refractivity contribution in [2.75, 3.05) is 13.1 Å². The number of nitrogens with zero attached hydrogens (tertiary/aromatic N) is 4. The lowest BCUT2D eigenvalue weighted by Crippen LogP contribution is -2.39. The third kappa shape index (κ3) is 2.76. The van der Waals surface area contributed by atoms with Crippen LogP contribution in [0.25, 0.3) is 11.1 Å². The maximum Gasteiger partial charge on any atom is 0.419 e. The third-order valence-electron chi connectivity index (χ3n) is 5.18. The number of para-hydroxylation sites is 2. The van der Waals surface area contributed by atoms with Crippen LogP contribution in [-0.2, 0) is 13.0 Å². The monoisotopic (exact) mass is 361 g/mol. The predicted octanol–water partition coefficient (Wildman–Crippen LogP) is 2.36. The molecule has 27 heavy (non-hydrogen) atoms. The van der Waals surface area contributed by atoms with E-state index in [-0.39, 0.29) is 11.8 Å². The van der Waals surface area contributed by atoms with Crippen molar-refractivity contribution in [2.24, 2.45) is 0 Å². The van der Waals surface area contributed by atoms with Gasteiger partial charge in [-0.3, -0.25) is 14.5 Å². The van der Waals surface area contributed by atoms with Gasteiger partial charge in [0.25, 0.3) is 0 Å². The lowest BCUT2D eigenvalue weighted by molar-refractivity contribution is 0.197. The standard InChI is InChI=1S/C20H19N5O2/c26-20-25(16-6-1-2-7-17(16)27-20)12-11-24-10-8-14-18(23-13-22-14)19(24)15-5-3-4-9-21-15/h1-7,9,13,19H,8,10-12H2,(H,22,23)/t19-/m1/s1. The molecule has 1 aliphatic rings. The number of oxazole rings is 1. The fourth-order valence-electron chi connectivity index (χ4n) is 3.88. The van der Waals surface area contributed by atoms with Gasteiger partial charge in [-0.2, -0.15) is 0 Å². The zero-order chi connectivity index (χ0) is 18.2. The first-order valence-electron chi connectivity index (χ1n) is 9.07. The van der Waals surface area contributed by atoms with Crippen LogP contribution in [0, 0.1) is 0 Å². The van der Waals surface area contributed by atoms with Crippen LogP contribution in [0.2, 0.25) is 0 Å². The SMILES string of the molecule is O=c1oc2ccccc2n1CCN1CCc2[nH]cnc2[C@H]1c1ccccn1. The van der Waals surface area contributed by atoms with Gasteiger partial charge in [-0.15, -0.1) is 0 Å². The average Bonchev–Trinajstić information content (AvgIpc) is 3.30. The predicted molar refractivity (Wildman–Crippen MR) is 100 cm³/mol. The largest absolute Gasteiger partial charge is 0.419 e. The minimum atomic E-state index is -0.317. The van der Waals surface area contributed by atoms with Crippen LogP contribution in [0.5, 0.6) is 0 Å². The van der Waals surface area contributed by atoms with Crippen molar-refractivity contribution in [2.45, 2.75) is 19.0 Å². The molecule has 4 aromatic rings. The Bertz CT molecular complexity index is 1130. The Hall–Kier alpha value is -3.19. The van der Waals surface area contributed by atoms with Crippen LogP contribution in [0.4, 0.5) is 0 Å². The van der Waals surface area contributed by atoms with Crippen LogP contribution >= 0.6 is 0 Å². The summed E-state index contributed by atoms with van der Waals surface area (Å²) in [5.74, 6) is -0.317. The molecule has 0 radical (unpaired) electrons. The van der Waals surface area contributed by atoms with Crippen molar-refractivity contribution < 1.29 is 4.42 Å². The van der Waals surface area contributed by atoms with Gasteiger partial charge in [-0.1, -0.05) is 18.2 Å². The lowest BCUT2D eigenvalue weighted by atomic mass is 9.99. The molecule has 136 valence electrons. The Morgan fingerprint density at radius 1 is 1.11 bits per heavy atom. The fourth-order valence-corrected chi connectivity index (χ4v) is 3.88. The molecule has 0 saturated heterocycles. The first-order chi connectivity index (χ1) is 13.3. The average molecular weight is 361 g/mol. The zero-order valence-corrected chi connectivity index (χ0v) is 14.7. The molecule has 0 amide bonds. The number of rotatable bonds is 4. The Balaban J connectivity index is 1.47. The molecule has 7 nitrogen and oxygen atoms in total. The van der Waals surface area contributed by atoms with Gasteiger partial charge in [0.1, 0.15) is 0 Å². The molecule has 0 aliphatic carbocycles. The summed E-state index contributed by atoms with van der Waals surface area (Å²) in [5, 5.41) is 0. The van der Waals surface area contributed by atoms with Gasteiger partial charge >= 0.3 is 5.76 Å². The normalized spacial score (nSPS) is 17.3. The number of benzene rings is 1. The van der Waals surface area contributed by atoms with Gasteiger partial charge in [0.2, 0.25) is 0 Å². The molecule has 0 fully saturated rings. The number of aromatic nitrogens is 4. The van der Waals surface area contributed by atoms with Crippen LogP contribution in [0.15, 0.2) is 64.2 Å². The lowest BCUT2D eigenvalue weighted by Gasteiger charge is -2.34. The third-order valence-corrected chi connectivity index (χ3v) is 5.18. The minimum Gasteiger partial charge on any atom is -0.408 e. The molecule has 1 atom stereocenters. The number of pyridine rings is 1. The Morgan fingerprint density at radius 3 is 2.89 bits per heavy atom. The number of hydrogen-bond donors (Lipinski definition) is 1.